The molecular weight excluding hydrogens is 238 g/mol. The number of benzene rings is 1. The molecule has 0 saturated heterocycles. The predicted molar refractivity (Wildman–Crippen MR) is 73.5 cm³/mol. The Morgan fingerprint density at radius 1 is 1.42 bits per heavy atom. The quantitative estimate of drug-likeness (QED) is 0.891. The van der Waals surface area contributed by atoms with E-state index in [1.165, 1.54) is 0 Å². The van der Waals surface area contributed by atoms with Crippen LogP contribution in [-0.4, -0.2) is 14.8 Å². The average molecular weight is 255 g/mol. The summed E-state index contributed by atoms with van der Waals surface area (Å²) in [7, 11) is 0. The van der Waals surface area contributed by atoms with Gasteiger partial charge in [-0.3, -0.25) is 0 Å². The van der Waals surface area contributed by atoms with Crippen molar-refractivity contribution < 1.29 is 0 Å². The van der Waals surface area contributed by atoms with Crippen molar-refractivity contribution >= 4 is 5.69 Å². The number of rotatable bonds is 5. The molecule has 0 aliphatic carbocycles. The summed E-state index contributed by atoms with van der Waals surface area (Å²) in [6.07, 6.45) is 2.60. The molecule has 0 aliphatic rings. The molecule has 1 heterocycles. The number of aromatic nitrogens is 3. The molecule has 5 heteroatoms. The zero-order valence-electron chi connectivity index (χ0n) is 11.2. The Balaban J connectivity index is 2.10. The van der Waals surface area contributed by atoms with E-state index < -0.39 is 0 Å². The van der Waals surface area contributed by atoms with Gasteiger partial charge in [-0.1, -0.05) is 13.0 Å². The van der Waals surface area contributed by atoms with Gasteiger partial charge in [-0.2, -0.15) is 10.4 Å². The van der Waals surface area contributed by atoms with Crippen LogP contribution in [0.25, 0.3) is 0 Å². The Morgan fingerprint density at radius 2 is 2.26 bits per heavy atom. The molecule has 0 bridgehead atoms. The summed E-state index contributed by atoms with van der Waals surface area (Å²) in [4.78, 5) is 4.25. The maximum absolute atomic E-state index is 8.91. The molecule has 0 saturated carbocycles. The van der Waals surface area contributed by atoms with E-state index >= 15 is 0 Å². The SMILES string of the molecule is CCCn1ncnc1CNc1cc(C#N)ccc1C. The lowest BCUT2D eigenvalue weighted by Crippen LogP contribution is -2.10. The third-order valence-electron chi connectivity index (χ3n) is 2.93. The summed E-state index contributed by atoms with van der Waals surface area (Å²) >= 11 is 0. The lowest BCUT2D eigenvalue weighted by Gasteiger charge is -2.10. The number of aryl methyl sites for hydroxylation is 2. The standard InChI is InChI=1S/C14H17N5/c1-3-6-19-14(17-10-18-19)9-16-13-7-12(8-15)5-4-11(13)2/h4-5,7,10,16H,3,6,9H2,1-2H3. The molecule has 0 radical (unpaired) electrons. The Kier molecular flexibility index (Phi) is 4.14. The average Bonchev–Trinajstić information content (AvgIpc) is 2.86. The first-order valence-electron chi connectivity index (χ1n) is 6.36. The number of hydrogen-bond acceptors (Lipinski definition) is 4. The third-order valence-corrected chi connectivity index (χ3v) is 2.93. The molecule has 0 spiro atoms. The maximum atomic E-state index is 8.91. The first kappa shape index (κ1) is 13.1. The fraction of sp³-hybridized carbons (Fsp3) is 0.357. The van der Waals surface area contributed by atoms with Gasteiger partial charge in [0.2, 0.25) is 0 Å². The Morgan fingerprint density at radius 3 is 3.00 bits per heavy atom. The van der Waals surface area contributed by atoms with Gasteiger partial charge in [-0.25, -0.2) is 9.67 Å². The summed E-state index contributed by atoms with van der Waals surface area (Å²) < 4.78 is 1.90. The van der Waals surface area contributed by atoms with Crippen molar-refractivity contribution in [1.29, 1.82) is 5.26 Å². The van der Waals surface area contributed by atoms with Crippen molar-refractivity contribution in [3.05, 3.63) is 41.5 Å². The Hall–Kier alpha value is -2.35. The molecule has 98 valence electrons. The van der Waals surface area contributed by atoms with Crippen LogP contribution in [-0.2, 0) is 13.1 Å². The van der Waals surface area contributed by atoms with Gasteiger partial charge in [-0.15, -0.1) is 0 Å². The zero-order chi connectivity index (χ0) is 13.7. The van der Waals surface area contributed by atoms with E-state index in [2.05, 4.69) is 28.4 Å². The van der Waals surface area contributed by atoms with E-state index in [-0.39, 0.29) is 0 Å². The van der Waals surface area contributed by atoms with Crippen LogP contribution in [0.15, 0.2) is 24.5 Å². The molecule has 2 rings (SSSR count). The van der Waals surface area contributed by atoms with Gasteiger partial charge in [0, 0.05) is 12.2 Å². The molecule has 0 atom stereocenters. The molecule has 19 heavy (non-hydrogen) atoms. The van der Waals surface area contributed by atoms with E-state index in [0.717, 1.165) is 30.0 Å². The molecule has 1 N–H and O–H groups in total. The fourth-order valence-electron chi connectivity index (χ4n) is 1.88. The van der Waals surface area contributed by atoms with Gasteiger partial charge < -0.3 is 5.32 Å². The smallest absolute Gasteiger partial charge is 0.146 e. The first-order chi connectivity index (χ1) is 9.24. The van der Waals surface area contributed by atoms with E-state index in [9.17, 15) is 0 Å². The van der Waals surface area contributed by atoms with Crippen LogP contribution in [0.2, 0.25) is 0 Å². The van der Waals surface area contributed by atoms with E-state index in [0.29, 0.717) is 12.1 Å². The van der Waals surface area contributed by atoms with Gasteiger partial charge in [0.1, 0.15) is 12.2 Å². The molecule has 0 aliphatic heterocycles. The molecular formula is C14H17N5. The molecule has 0 unspecified atom stereocenters. The van der Waals surface area contributed by atoms with E-state index in [1.807, 2.05) is 29.8 Å². The number of anilines is 1. The summed E-state index contributed by atoms with van der Waals surface area (Å²) in [6, 6.07) is 7.76. The highest BCUT2D eigenvalue weighted by Gasteiger charge is 2.05. The van der Waals surface area contributed by atoms with Gasteiger partial charge >= 0.3 is 0 Å². The van der Waals surface area contributed by atoms with E-state index in [1.54, 1.807) is 6.33 Å². The van der Waals surface area contributed by atoms with Crippen LogP contribution in [0.3, 0.4) is 0 Å². The normalized spacial score (nSPS) is 10.2. The van der Waals surface area contributed by atoms with Gasteiger partial charge in [0.15, 0.2) is 0 Å². The number of nitrogens with one attached hydrogen (secondary N) is 1. The van der Waals surface area contributed by atoms with Crippen LogP contribution in [0, 0.1) is 18.3 Å². The molecule has 1 aromatic heterocycles. The van der Waals surface area contributed by atoms with Crippen molar-refractivity contribution in [2.75, 3.05) is 5.32 Å². The lowest BCUT2D eigenvalue weighted by atomic mass is 10.1. The van der Waals surface area contributed by atoms with Gasteiger partial charge in [0.05, 0.1) is 18.2 Å². The fourth-order valence-corrected chi connectivity index (χ4v) is 1.88. The monoisotopic (exact) mass is 255 g/mol. The van der Waals surface area contributed by atoms with Crippen LogP contribution in [0.1, 0.15) is 30.3 Å². The molecule has 5 nitrogen and oxygen atoms in total. The topological polar surface area (TPSA) is 66.5 Å². The highest BCUT2D eigenvalue weighted by molar-refractivity contribution is 5.55. The van der Waals surface area contributed by atoms with Crippen LogP contribution >= 0.6 is 0 Å². The summed E-state index contributed by atoms with van der Waals surface area (Å²) in [5, 5.41) is 16.4. The number of nitriles is 1. The lowest BCUT2D eigenvalue weighted by molar-refractivity contribution is 0.574. The highest BCUT2D eigenvalue weighted by Crippen LogP contribution is 2.17. The Labute approximate surface area is 112 Å². The summed E-state index contributed by atoms with van der Waals surface area (Å²) in [6.45, 7) is 5.60. The Bertz CT molecular complexity index is 594. The molecule has 0 fully saturated rings. The van der Waals surface area contributed by atoms with Gasteiger partial charge in [-0.05, 0) is 31.0 Å². The summed E-state index contributed by atoms with van der Waals surface area (Å²) in [5.41, 5.74) is 2.73. The van der Waals surface area contributed by atoms with Crippen LogP contribution < -0.4 is 5.32 Å². The minimum absolute atomic E-state index is 0.607. The number of hydrogen-bond donors (Lipinski definition) is 1. The zero-order valence-corrected chi connectivity index (χ0v) is 11.2. The second-order valence-electron chi connectivity index (χ2n) is 4.39. The highest BCUT2D eigenvalue weighted by atomic mass is 15.3. The van der Waals surface area contributed by atoms with Crippen LogP contribution in [0.4, 0.5) is 5.69 Å². The number of nitrogens with zero attached hydrogens (tertiary/aromatic N) is 4. The second kappa shape index (κ2) is 6.01. The molecule has 1 aromatic carbocycles. The first-order valence-corrected chi connectivity index (χ1v) is 6.36. The van der Waals surface area contributed by atoms with Crippen molar-refractivity contribution in [2.24, 2.45) is 0 Å². The minimum Gasteiger partial charge on any atom is -0.378 e. The van der Waals surface area contributed by atoms with Crippen molar-refractivity contribution in [3.8, 4) is 6.07 Å². The van der Waals surface area contributed by atoms with Crippen molar-refractivity contribution in [1.82, 2.24) is 14.8 Å². The minimum atomic E-state index is 0.607. The molecule has 2 aromatic rings. The maximum Gasteiger partial charge on any atom is 0.146 e. The van der Waals surface area contributed by atoms with Crippen molar-refractivity contribution in [3.63, 3.8) is 0 Å². The van der Waals surface area contributed by atoms with Gasteiger partial charge in [0.25, 0.3) is 0 Å². The third kappa shape index (κ3) is 3.10. The largest absolute Gasteiger partial charge is 0.378 e. The summed E-state index contributed by atoms with van der Waals surface area (Å²) in [5.74, 6) is 0.906. The second-order valence-corrected chi connectivity index (χ2v) is 4.39. The van der Waals surface area contributed by atoms with Crippen molar-refractivity contribution in [2.45, 2.75) is 33.4 Å². The van der Waals surface area contributed by atoms with Crippen LogP contribution in [0.5, 0.6) is 0 Å². The predicted octanol–water partition coefficient (Wildman–Crippen LogP) is 2.48. The van der Waals surface area contributed by atoms with E-state index in [4.69, 9.17) is 5.26 Å². The molecule has 0 amide bonds.